The Labute approximate surface area is 199 Å². The zero-order chi connectivity index (χ0) is 24.6. The van der Waals surface area contributed by atoms with Gasteiger partial charge >= 0.3 is 0 Å². The molecule has 0 saturated heterocycles. The van der Waals surface area contributed by atoms with Crippen LogP contribution in [-0.4, -0.2) is 28.8 Å². The highest BCUT2D eigenvalue weighted by molar-refractivity contribution is 6.74. The van der Waals surface area contributed by atoms with E-state index < -0.39 is 22.7 Å². The number of nitriles is 1. The predicted molar refractivity (Wildman–Crippen MR) is 144 cm³/mol. The van der Waals surface area contributed by atoms with Gasteiger partial charge in [-0.1, -0.05) is 96.2 Å². The zero-order valence-electron chi connectivity index (χ0n) is 22.0. The minimum atomic E-state index is -1.98. The van der Waals surface area contributed by atoms with E-state index in [1.54, 1.807) is 0 Å². The van der Waals surface area contributed by atoms with Crippen molar-refractivity contribution < 1.29 is 8.85 Å². The van der Waals surface area contributed by atoms with Crippen LogP contribution in [0.2, 0.25) is 36.3 Å². The minimum absolute atomic E-state index is 0.0110. The highest BCUT2D eigenvalue weighted by Crippen LogP contribution is 2.38. The van der Waals surface area contributed by atoms with Crippen LogP contribution in [0.4, 0.5) is 0 Å². The molecule has 0 bridgehead atoms. The number of benzene rings is 1. The van der Waals surface area contributed by atoms with E-state index >= 15 is 0 Å². The van der Waals surface area contributed by atoms with Gasteiger partial charge < -0.3 is 8.85 Å². The van der Waals surface area contributed by atoms with Crippen molar-refractivity contribution in [3.05, 3.63) is 54.1 Å². The predicted octanol–water partition coefficient (Wildman–Crippen LogP) is 8.34. The van der Waals surface area contributed by atoms with Gasteiger partial charge in [-0.15, -0.1) is 0 Å². The lowest BCUT2D eigenvalue weighted by atomic mass is 10.1. The smallest absolute Gasteiger partial charge is 0.193 e. The first-order valence-electron chi connectivity index (χ1n) is 11.7. The third-order valence-corrected chi connectivity index (χ3v) is 15.8. The average Bonchev–Trinajstić information content (AvgIpc) is 2.65. The molecular formula is C27H45NO2Si2. The molecule has 1 aromatic carbocycles. The van der Waals surface area contributed by atoms with Crippen LogP contribution in [0.15, 0.2) is 48.6 Å². The lowest BCUT2D eigenvalue weighted by molar-refractivity contribution is 0.223. The van der Waals surface area contributed by atoms with E-state index in [-0.39, 0.29) is 16.2 Å². The summed E-state index contributed by atoms with van der Waals surface area (Å²) in [7, 11) is -3.90. The van der Waals surface area contributed by atoms with Crippen LogP contribution in [0.5, 0.6) is 0 Å². The topological polar surface area (TPSA) is 42.2 Å². The Balaban J connectivity index is 2.92. The standard InChI is InChI=1S/C27H45NO2Si2/c1-26(2,3)31(7,8)29-24(19-14-18-23-16-12-11-13-17-23)20-15-21-25(22-28)30-32(9,10)27(4,5)6/h11-18,20,24-25H,19,21H2,1-10H3/b18-14+,20-15+/t24-,25+/m1/s1. The molecule has 2 atom stereocenters. The van der Waals surface area contributed by atoms with Gasteiger partial charge in [0, 0.05) is 6.42 Å². The molecule has 0 aliphatic heterocycles. The Morgan fingerprint density at radius 1 is 0.844 bits per heavy atom. The normalized spacial score (nSPS) is 15.8. The molecule has 3 nitrogen and oxygen atoms in total. The van der Waals surface area contributed by atoms with E-state index in [2.05, 4.69) is 110 Å². The molecule has 5 heteroatoms. The summed E-state index contributed by atoms with van der Waals surface area (Å²) in [6.07, 6.45) is 9.51. The number of nitrogens with zero attached hydrogens (tertiary/aromatic N) is 1. The van der Waals surface area contributed by atoms with Crippen molar-refractivity contribution in [1.29, 1.82) is 5.26 Å². The van der Waals surface area contributed by atoms with Crippen LogP contribution >= 0.6 is 0 Å². The van der Waals surface area contributed by atoms with E-state index in [0.29, 0.717) is 6.42 Å². The fraction of sp³-hybridized carbons (Fsp3) is 0.593. The molecule has 178 valence electrons. The first kappa shape index (κ1) is 28.6. The molecule has 0 fully saturated rings. The monoisotopic (exact) mass is 471 g/mol. The van der Waals surface area contributed by atoms with Crippen molar-refractivity contribution in [2.45, 2.75) is 103 Å². The number of hydrogen-bond acceptors (Lipinski definition) is 3. The second kappa shape index (κ2) is 11.6. The van der Waals surface area contributed by atoms with Crippen LogP contribution in [-0.2, 0) is 8.85 Å². The van der Waals surface area contributed by atoms with E-state index in [9.17, 15) is 5.26 Å². The third kappa shape index (κ3) is 9.19. The van der Waals surface area contributed by atoms with Gasteiger partial charge in [0.2, 0.25) is 0 Å². The third-order valence-electron chi connectivity index (χ3n) is 6.82. The van der Waals surface area contributed by atoms with Crippen molar-refractivity contribution in [3.8, 4) is 6.07 Å². The quantitative estimate of drug-likeness (QED) is 0.254. The maximum atomic E-state index is 9.66. The highest BCUT2D eigenvalue weighted by Gasteiger charge is 2.40. The molecule has 1 aromatic rings. The van der Waals surface area contributed by atoms with Crippen LogP contribution in [0, 0.1) is 11.3 Å². The van der Waals surface area contributed by atoms with Crippen LogP contribution in [0.25, 0.3) is 6.08 Å². The summed E-state index contributed by atoms with van der Waals surface area (Å²) in [5, 5.41) is 9.89. The van der Waals surface area contributed by atoms with Gasteiger partial charge in [-0.2, -0.15) is 5.26 Å². The van der Waals surface area contributed by atoms with Gasteiger partial charge in [0.25, 0.3) is 0 Å². The SMILES string of the molecule is CC(C)(C)[Si](C)(C)O[C@H](C#N)C/C=C/[C@@H](C/C=C/c1ccccc1)O[Si](C)(C)C(C)(C)C. The Morgan fingerprint density at radius 3 is 1.88 bits per heavy atom. The summed E-state index contributed by atoms with van der Waals surface area (Å²) >= 11 is 0. The second-order valence-corrected chi connectivity index (χ2v) is 21.1. The van der Waals surface area contributed by atoms with Gasteiger partial charge in [-0.05, 0) is 48.2 Å². The molecular weight excluding hydrogens is 426 g/mol. The summed E-state index contributed by atoms with van der Waals surface area (Å²) < 4.78 is 13.0. The molecule has 0 aliphatic carbocycles. The maximum Gasteiger partial charge on any atom is 0.193 e. The molecule has 0 saturated carbocycles. The van der Waals surface area contributed by atoms with E-state index in [1.807, 2.05) is 18.2 Å². The summed E-state index contributed by atoms with van der Waals surface area (Å²) in [6.45, 7) is 22.3. The highest BCUT2D eigenvalue weighted by atomic mass is 28.4. The Hall–Kier alpha value is -1.46. The molecule has 32 heavy (non-hydrogen) atoms. The first-order chi connectivity index (χ1) is 14.6. The summed E-state index contributed by atoms with van der Waals surface area (Å²) in [4.78, 5) is 0. The van der Waals surface area contributed by atoms with Gasteiger partial charge in [-0.3, -0.25) is 0 Å². The van der Waals surface area contributed by atoms with Crippen LogP contribution in [0.1, 0.15) is 59.9 Å². The molecule has 0 unspecified atom stereocenters. The summed E-state index contributed by atoms with van der Waals surface area (Å²) in [5.74, 6) is 0. The first-order valence-corrected chi connectivity index (χ1v) is 17.5. The molecule has 0 N–H and O–H groups in total. The molecule has 0 heterocycles. The van der Waals surface area contributed by atoms with Crippen molar-refractivity contribution >= 4 is 22.7 Å². The van der Waals surface area contributed by atoms with Crippen LogP contribution < -0.4 is 0 Å². The van der Waals surface area contributed by atoms with Gasteiger partial charge in [0.15, 0.2) is 16.6 Å². The minimum Gasteiger partial charge on any atom is -0.410 e. The molecule has 0 amide bonds. The van der Waals surface area contributed by atoms with Gasteiger partial charge in [0.1, 0.15) is 6.10 Å². The number of rotatable bonds is 10. The largest absolute Gasteiger partial charge is 0.410 e. The molecule has 0 aliphatic rings. The Bertz CT molecular complexity index is 794. The van der Waals surface area contributed by atoms with Gasteiger partial charge in [0.05, 0.1) is 12.2 Å². The summed E-state index contributed by atoms with van der Waals surface area (Å²) in [5.41, 5.74) is 1.19. The Morgan fingerprint density at radius 2 is 1.38 bits per heavy atom. The summed E-state index contributed by atoms with van der Waals surface area (Å²) in [6, 6.07) is 12.7. The molecule has 1 rings (SSSR count). The lowest BCUT2D eigenvalue weighted by Gasteiger charge is -2.38. The second-order valence-electron chi connectivity index (χ2n) is 11.6. The van der Waals surface area contributed by atoms with Crippen molar-refractivity contribution in [3.63, 3.8) is 0 Å². The van der Waals surface area contributed by atoms with E-state index in [0.717, 1.165) is 6.42 Å². The molecule has 0 aromatic heterocycles. The van der Waals surface area contributed by atoms with Crippen LogP contribution in [0.3, 0.4) is 0 Å². The molecule has 0 spiro atoms. The maximum absolute atomic E-state index is 9.66. The fourth-order valence-electron chi connectivity index (χ4n) is 2.64. The lowest BCUT2D eigenvalue weighted by Crippen LogP contribution is -2.43. The average molecular weight is 472 g/mol. The van der Waals surface area contributed by atoms with Crippen molar-refractivity contribution in [2.75, 3.05) is 0 Å². The van der Waals surface area contributed by atoms with E-state index in [1.165, 1.54) is 5.56 Å². The number of hydrogen-bond donors (Lipinski definition) is 0. The van der Waals surface area contributed by atoms with Crippen molar-refractivity contribution in [1.82, 2.24) is 0 Å². The molecule has 0 radical (unpaired) electrons. The fourth-order valence-corrected chi connectivity index (χ4v) is 5.14. The van der Waals surface area contributed by atoms with Crippen molar-refractivity contribution in [2.24, 2.45) is 0 Å². The van der Waals surface area contributed by atoms with Gasteiger partial charge in [-0.25, -0.2) is 0 Å². The van der Waals surface area contributed by atoms with E-state index in [4.69, 9.17) is 8.85 Å². The zero-order valence-corrected chi connectivity index (χ0v) is 24.0. The Kier molecular flexibility index (Phi) is 10.4.